The van der Waals surface area contributed by atoms with Crippen LogP contribution in [-0.4, -0.2) is 28.5 Å². The lowest BCUT2D eigenvalue weighted by atomic mass is 10.1. The highest BCUT2D eigenvalue weighted by Gasteiger charge is 2.11. The van der Waals surface area contributed by atoms with Crippen LogP contribution in [0.25, 0.3) is 0 Å². The Balaban J connectivity index is 2.05. The van der Waals surface area contributed by atoms with Crippen LogP contribution in [0.15, 0.2) is 39.7 Å². The van der Waals surface area contributed by atoms with E-state index < -0.39 is 6.10 Å². The van der Waals surface area contributed by atoms with Crippen molar-refractivity contribution in [3.63, 3.8) is 0 Å². The van der Waals surface area contributed by atoms with Crippen LogP contribution in [0.4, 0.5) is 5.69 Å². The van der Waals surface area contributed by atoms with E-state index in [4.69, 9.17) is 4.74 Å². The first-order chi connectivity index (χ1) is 10.0. The number of ether oxygens (including phenoxy) is 1. The maximum Gasteiger partial charge on any atom is 0.282 e. The van der Waals surface area contributed by atoms with Gasteiger partial charge >= 0.3 is 0 Å². The molecule has 0 bridgehead atoms. The molecule has 1 aromatic carbocycles. The number of halogens is 1. The first kappa shape index (κ1) is 15.5. The number of nitrogens with zero attached hydrogens (tertiary/aromatic N) is 2. The third-order valence-electron chi connectivity index (χ3n) is 3.06. The van der Waals surface area contributed by atoms with Gasteiger partial charge in [0, 0.05) is 13.6 Å². The Morgan fingerprint density at radius 1 is 1.43 bits per heavy atom. The molecule has 0 saturated heterocycles. The molecule has 0 saturated carbocycles. The third-order valence-corrected chi connectivity index (χ3v) is 3.83. The van der Waals surface area contributed by atoms with Gasteiger partial charge in [-0.2, -0.15) is 5.10 Å². The molecule has 2 rings (SSSR count). The highest BCUT2D eigenvalue weighted by molar-refractivity contribution is 9.10. The van der Waals surface area contributed by atoms with E-state index in [0.29, 0.717) is 10.2 Å². The number of benzene rings is 1. The summed E-state index contributed by atoms with van der Waals surface area (Å²) in [7, 11) is 3.16. The molecule has 2 aromatic rings. The number of aromatic nitrogens is 2. The van der Waals surface area contributed by atoms with Crippen LogP contribution < -0.4 is 15.6 Å². The Morgan fingerprint density at radius 2 is 2.10 bits per heavy atom. The van der Waals surface area contributed by atoms with Gasteiger partial charge in [0.15, 0.2) is 0 Å². The van der Waals surface area contributed by atoms with Gasteiger partial charge in [-0.15, -0.1) is 0 Å². The molecular weight excluding hydrogens is 338 g/mol. The number of anilines is 1. The lowest BCUT2D eigenvalue weighted by Crippen LogP contribution is -2.22. The van der Waals surface area contributed by atoms with Crippen molar-refractivity contribution < 1.29 is 9.84 Å². The minimum atomic E-state index is -0.702. The number of aryl methyl sites for hydroxylation is 1. The number of nitrogens with one attached hydrogen (secondary N) is 1. The zero-order valence-corrected chi connectivity index (χ0v) is 13.3. The summed E-state index contributed by atoms with van der Waals surface area (Å²) in [5.41, 5.74) is 1.07. The second kappa shape index (κ2) is 6.73. The van der Waals surface area contributed by atoms with Crippen molar-refractivity contribution in [2.24, 2.45) is 7.05 Å². The zero-order chi connectivity index (χ0) is 15.4. The molecule has 7 heteroatoms. The van der Waals surface area contributed by atoms with E-state index in [-0.39, 0.29) is 12.1 Å². The lowest BCUT2D eigenvalue weighted by Gasteiger charge is -2.14. The van der Waals surface area contributed by atoms with Crippen molar-refractivity contribution >= 4 is 21.6 Å². The molecule has 6 nitrogen and oxygen atoms in total. The molecule has 0 spiro atoms. The summed E-state index contributed by atoms with van der Waals surface area (Å²) in [5, 5.41) is 17.1. The van der Waals surface area contributed by atoms with Gasteiger partial charge in [0.1, 0.15) is 10.2 Å². The number of aliphatic hydroxyl groups excluding tert-OH is 1. The summed E-state index contributed by atoms with van der Waals surface area (Å²) in [4.78, 5) is 11.7. The first-order valence-corrected chi connectivity index (χ1v) is 7.10. The zero-order valence-electron chi connectivity index (χ0n) is 11.7. The quantitative estimate of drug-likeness (QED) is 0.855. The van der Waals surface area contributed by atoms with E-state index >= 15 is 0 Å². The molecule has 1 heterocycles. The molecule has 1 aromatic heterocycles. The SMILES string of the molecule is COc1ccc(C(O)CNc2cnn(C)c(=O)c2Br)cc1. The van der Waals surface area contributed by atoms with Gasteiger partial charge < -0.3 is 15.2 Å². The second-order valence-corrected chi connectivity index (χ2v) is 5.26. The van der Waals surface area contributed by atoms with Crippen LogP contribution in [0, 0.1) is 0 Å². The van der Waals surface area contributed by atoms with Gasteiger partial charge in [0.05, 0.1) is 25.1 Å². The molecule has 0 aliphatic carbocycles. The summed E-state index contributed by atoms with van der Waals surface area (Å²) >= 11 is 3.22. The number of methoxy groups -OCH3 is 1. The van der Waals surface area contributed by atoms with Crippen molar-refractivity contribution in [3.05, 3.63) is 50.9 Å². The van der Waals surface area contributed by atoms with E-state index in [2.05, 4.69) is 26.3 Å². The minimum Gasteiger partial charge on any atom is -0.497 e. The molecule has 21 heavy (non-hydrogen) atoms. The van der Waals surface area contributed by atoms with Gasteiger partial charge in [0.2, 0.25) is 0 Å². The molecule has 0 radical (unpaired) electrons. The van der Waals surface area contributed by atoms with E-state index in [1.54, 1.807) is 38.4 Å². The van der Waals surface area contributed by atoms with E-state index in [9.17, 15) is 9.90 Å². The molecular formula is C14H16BrN3O3. The molecule has 0 aliphatic heterocycles. The smallest absolute Gasteiger partial charge is 0.282 e. The van der Waals surface area contributed by atoms with Gasteiger partial charge in [-0.05, 0) is 33.6 Å². The van der Waals surface area contributed by atoms with Crippen molar-refractivity contribution in [3.8, 4) is 5.75 Å². The van der Waals surface area contributed by atoms with Crippen molar-refractivity contribution in [1.82, 2.24) is 9.78 Å². The van der Waals surface area contributed by atoms with E-state index in [0.717, 1.165) is 11.3 Å². The Labute approximate surface area is 130 Å². The summed E-state index contributed by atoms with van der Waals surface area (Å²) in [5.74, 6) is 0.734. The average molecular weight is 354 g/mol. The van der Waals surface area contributed by atoms with Crippen molar-refractivity contribution in [2.75, 3.05) is 19.0 Å². The number of aliphatic hydroxyl groups is 1. The van der Waals surface area contributed by atoms with Crippen LogP contribution in [0.1, 0.15) is 11.7 Å². The van der Waals surface area contributed by atoms with Crippen LogP contribution in [0.3, 0.4) is 0 Å². The van der Waals surface area contributed by atoms with Gasteiger partial charge in [-0.1, -0.05) is 12.1 Å². The largest absolute Gasteiger partial charge is 0.497 e. The summed E-state index contributed by atoms with van der Waals surface area (Å²) in [6.45, 7) is 0.264. The number of hydrogen-bond acceptors (Lipinski definition) is 5. The summed E-state index contributed by atoms with van der Waals surface area (Å²) < 4.78 is 6.69. The molecule has 0 aliphatic rings. The maximum absolute atomic E-state index is 11.7. The standard InChI is InChI=1S/C14H16BrN3O3/c1-18-14(20)13(15)11(7-17-18)16-8-12(19)9-3-5-10(21-2)6-4-9/h3-7,12,16,19H,8H2,1-2H3. The fraction of sp³-hybridized carbons (Fsp3) is 0.286. The molecule has 112 valence electrons. The fourth-order valence-corrected chi connectivity index (χ4v) is 2.28. The summed E-state index contributed by atoms with van der Waals surface area (Å²) in [6.07, 6.45) is 0.832. The Bertz CT molecular complexity index is 670. The van der Waals surface area contributed by atoms with Crippen LogP contribution in [0.2, 0.25) is 0 Å². The summed E-state index contributed by atoms with van der Waals surface area (Å²) in [6, 6.07) is 7.16. The van der Waals surface area contributed by atoms with Crippen LogP contribution in [-0.2, 0) is 7.05 Å². The predicted octanol–water partition coefficient (Wildman–Crippen LogP) is 1.70. The Kier molecular flexibility index (Phi) is 4.98. The monoisotopic (exact) mass is 353 g/mol. The highest BCUT2D eigenvalue weighted by Crippen LogP contribution is 2.20. The molecule has 2 N–H and O–H groups in total. The molecule has 1 atom stereocenters. The maximum atomic E-state index is 11.7. The minimum absolute atomic E-state index is 0.237. The predicted molar refractivity (Wildman–Crippen MR) is 83.6 cm³/mol. The normalized spacial score (nSPS) is 12.0. The second-order valence-electron chi connectivity index (χ2n) is 4.47. The molecule has 0 fully saturated rings. The number of rotatable bonds is 5. The molecule has 0 amide bonds. The number of hydrogen-bond donors (Lipinski definition) is 2. The third kappa shape index (κ3) is 3.62. The van der Waals surface area contributed by atoms with Crippen molar-refractivity contribution in [1.29, 1.82) is 0 Å². The first-order valence-electron chi connectivity index (χ1n) is 6.30. The fourth-order valence-electron chi connectivity index (χ4n) is 1.78. The topological polar surface area (TPSA) is 76.4 Å². The Morgan fingerprint density at radius 3 is 2.71 bits per heavy atom. The molecule has 1 unspecified atom stereocenters. The van der Waals surface area contributed by atoms with Crippen molar-refractivity contribution in [2.45, 2.75) is 6.10 Å². The van der Waals surface area contributed by atoms with Gasteiger partial charge in [-0.25, -0.2) is 4.68 Å². The lowest BCUT2D eigenvalue weighted by molar-refractivity contribution is 0.191. The Hall–Kier alpha value is -1.86. The van der Waals surface area contributed by atoms with Gasteiger partial charge in [0.25, 0.3) is 5.56 Å². The van der Waals surface area contributed by atoms with Crippen LogP contribution >= 0.6 is 15.9 Å². The average Bonchev–Trinajstić information content (AvgIpc) is 2.52. The van der Waals surface area contributed by atoms with Gasteiger partial charge in [-0.3, -0.25) is 4.79 Å². The van der Waals surface area contributed by atoms with Crippen LogP contribution in [0.5, 0.6) is 5.75 Å². The van der Waals surface area contributed by atoms with E-state index in [1.165, 1.54) is 10.9 Å². The van der Waals surface area contributed by atoms with E-state index in [1.807, 2.05) is 0 Å². The highest BCUT2D eigenvalue weighted by atomic mass is 79.9.